The standard InChI is InChI=1S/C13H19F2N3O3S/c1-4-22(20,21)6-5-16-13(19)17-9-7-10(14)12(18(2)3)11(15)8-9/h7-8H,4-6H2,1-3H3,(H2,16,17,19). The zero-order valence-corrected chi connectivity index (χ0v) is 13.4. The molecule has 0 atom stereocenters. The van der Waals surface area contributed by atoms with Gasteiger partial charge in [0.1, 0.15) is 5.69 Å². The van der Waals surface area contributed by atoms with Crippen LogP contribution in [0.25, 0.3) is 0 Å². The van der Waals surface area contributed by atoms with Crippen molar-refractivity contribution < 1.29 is 22.0 Å². The lowest BCUT2D eigenvalue weighted by atomic mass is 10.2. The van der Waals surface area contributed by atoms with Gasteiger partial charge in [0.2, 0.25) is 0 Å². The molecule has 0 fully saturated rings. The minimum Gasteiger partial charge on any atom is -0.373 e. The Balaban J connectivity index is 2.66. The van der Waals surface area contributed by atoms with E-state index >= 15 is 0 Å². The fourth-order valence-electron chi connectivity index (χ4n) is 1.70. The van der Waals surface area contributed by atoms with E-state index in [9.17, 15) is 22.0 Å². The van der Waals surface area contributed by atoms with Gasteiger partial charge in [0.05, 0.1) is 5.75 Å². The third kappa shape index (κ3) is 5.14. The third-order valence-corrected chi connectivity index (χ3v) is 4.57. The van der Waals surface area contributed by atoms with Crippen LogP contribution in [0.2, 0.25) is 0 Å². The topological polar surface area (TPSA) is 78.5 Å². The number of urea groups is 1. The molecule has 0 aliphatic carbocycles. The Morgan fingerprint density at radius 2 is 1.77 bits per heavy atom. The molecular weight excluding hydrogens is 316 g/mol. The first-order valence-corrected chi connectivity index (χ1v) is 8.40. The fourth-order valence-corrected chi connectivity index (χ4v) is 2.41. The molecule has 0 unspecified atom stereocenters. The molecule has 0 saturated carbocycles. The summed E-state index contributed by atoms with van der Waals surface area (Å²) in [6, 6.07) is 1.24. The van der Waals surface area contributed by atoms with Crippen LogP contribution in [0, 0.1) is 11.6 Å². The molecule has 1 aromatic rings. The van der Waals surface area contributed by atoms with E-state index in [0.29, 0.717) is 0 Å². The van der Waals surface area contributed by atoms with Gasteiger partial charge in [0.25, 0.3) is 0 Å². The second kappa shape index (κ2) is 7.39. The average molecular weight is 335 g/mol. The van der Waals surface area contributed by atoms with E-state index in [0.717, 1.165) is 12.1 Å². The smallest absolute Gasteiger partial charge is 0.319 e. The highest BCUT2D eigenvalue weighted by Gasteiger charge is 2.14. The maximum Gasteiger partial charge on any atom is 0.319 e. The highest BCUT2D eigenvalue weighted by atomic mass is 32.2. The molecule has 1 aromatic carbocycles. The Morgan fingerprint density at radius 3 is 2.23 bits per heavy atom. The molecule has 0 spiro atoms. The van der Waals surface area contributed by atoms with Gasteiger partial charge >= 0.3 is 6.03 Å². The van der Waals surface area contributed by atoms with Gasteiger partial charge in [-0.1, -0.05) is 6.92 Å². The first kappa shape index (κ1) is 18.1. The van der Waals surface area contributed by atoms with Crippen molar-refractivity contribution in [1.29, 1.82) is 0 Å². The van der Waals surface area contributed by atoms with Gasteiger partial charge in [-0.3, -0.25) is 0 Å². The number of halogens is 2. The first-order chi connectivity index (χ1) is 10.2. The number of nitrogens with one attached hydrogen (secondary N) is 2. The van der Waals surface area contributed by atoms with E-state index in [4.69, 9.17) is 0 Å². The second-order valence-corrected chi connectivity index (χ2v) is 7.27. The Morgan fingerprint density at radius 1 is 1.23 bits per heavy atom. The number of benzene rings is 1. The van der Waals surface area contributed by atoms with E-state index in [2.05, 4.69) is 10.6 Å². The number of nitrogens with zero attached hydrogens (tertiary/aromatic N) is 1. The Labute approximate surface area is 128 Å². The maximum absolute atomic E-state index is 13.7. The monoisotopic (exact) mass is 335 g/mol. The molecule has 0 heterocycles. The van der Waals surface area contributed by atoms with Crippen molar-refractivity contribution in [3.63, 3.8) is 0 Å². The summed E-state index contributed by atoms with van der Waals surface area (Å²) in [5, 5.41) is 4.56. The number of amides is 2. The van der Waals surface area contributed by atoms with Crippen molar-refractivity contribution in [2.75, 3.05) is 42.4 Å². The number of hydrogen-bond acceptors (Lipinski definition) is 4. The lowest BCUT2D eigenvalue weighted by Gasteiger charge is -2.16. The number of hydrogen-bond donors (Lipinski definition) is 2. The summed E-state index contributed by atoms with van der Waals surface area (Å²) in [6.07, 6.45) is 0. The molecule has 2 amide bonds. The minimum absolute atomic E-state index is 0.0152. The molecule has 124 valence electrons. The Bertz CT molecular complexity index is 625. The highest BCUT2D eigenvalue weighted by molar-refractivity contribution is 7.91. The molecule has 22 heavy (non-hydrogen) atoms. The molecule has 0 aliphatic heterocycles. The fraction of sp³-hybridized carbons (Fsp3) is 0.462. The van der Waals surface area contributed by atoms with Gasteiger partial charge in [-0.05, 0) is 12.1 Å². The number of carbonyl (C=O) groups is 1. The predicted molar refractivity (Wildman–Crippen MR) is 82.0 cm³/mol. The molecule has 0 aromatic heterocycles. The summed E-state index contributed by atoms with van der Waals surface area (Å²) in [5.74, 6) is -1.83. The summed E-state index contributed by atoms with van der Waals surface area (Å²) in [4.78, 5) is 12.8. The van der Waals surface area contributed by atoms with E-state index in [1.807, 2.05) is 0 Å². The lowest BCUT2D eigenvalue weighted by Crippen LogP contribution is -2.33. The molecule has 2 N–H and O–H groups in total. The highest BCUT2D eigenvalue weighted by Crippen LogP contribution is 2.25. The summed E-state index contributed by atoms with van der Waals surface area (Å²) < 4.78 is 50.0. The molecule has 0 radical (unpaired) electrons. The summed E-state index contributed by atoms with van der Waals surface area (Å²) in [6.45, 7) is 1.43. The van der Waals surface area contributed by atoms with E-state index in [-0.39, 0.29) is 29.4 Å². The summed E-state index contributed by atoms with van der Waals surface area (Å²) >= 11 is 0. The zero-order chi connectivity index (χ0) is 16.9. The minimum atomic E-state index is -3.18. The molecule has 0 saturated heterocycles. The second-order valence-electron chi connectivity index (χ2n) is 4.80. The Hall–Kier alpha value is -1.90. The lowest BCUT2D eigenvalue weighted by molar-refractivity contribution is 0.252. The van der Waals surface area contributed by atoms with E-state index in [1.54, 1.807) is 0 Å². The van der Waals surface area contributed by atoms with Crippen molar-refractivity contribution in [2.24, 2.45) is 0 Å². The van der Waals surface area contributed by atoms with Crippen molar-refractivity contribution in [2.45, 2.75) is 6.92 Å². The summed E-state index contributed by atoms with van der Waals surface area (Å²) in [5.41, 5.74) is -0.267. The average Bonchev–Trinajstić information content (AvgIpc) is 2.36. The van der Waals surface area contributed by atoms with Gasteiger partial charge in [-0.15, -0.1) is 0 Å². The van der Waals surface area contributed by atoms with Gasteiger partial charge in [-0.2, -0.15) is 0 Å². The van der Waals surface area contributed by atoms with Crippen molar-refractivity contribution in [3.8, 4) is 0 Å². The molecule has 0 bridgehead atoms. The van der Waals surface area contributed by atoms with Crippen LogP contribution < -0.4 is 15.5 Å². The van der Waals surface area contributed by atoms with Crippen molar-refractivity contribution >= 4 is 27.2 Å². The number of sulfone groups is 1. The quantitative estimate of drug-likeness (QED) is 0.827. The van der Waals surface area contributed by atoms with Crippen LogP contribution in [0.15, 0.2) is 12.1 Å². The largest absolute Gasteiger partial charge is 0.373 e. The van der Waals surface area contributed by atoms with Crippen LogP contribution in [0.4, 0.5) is 25.0 Å². The van der Waals surface area contributed by atoms with Crippen LogP contribution in [-0.4, -0.2) is 46.6 Å². The van der Waals surface area contributed by atoms with Crippen LogP contribution >= 0.6 is 0 Å². The van der Waals surface area contributed by atoms with Crippen LogP contribution in [0.1, 0.15) is 6.92 Å². The zero-order valence-electron chi connectivity index (χ0n) is 12.6. The molecule has 1 rings (SSSR count). The van der Waals surface area contributed by atoms with Gasteiger partial charge < -0.3 is 15.5 Å². The van der Waals surface area contributed by atoms with Gasteiger partial charge in [0, 0.05) is 32.1 Å². The summed E-state index contributed by atoms with van der Waals surface area (Å²) in [7, 11) is -0.194. The van der Waals surface area contributed by atoms with E-state index in [1.165, 1.54) is 25.9 Å². The van der Waals surface area contributed by atoms with Crippen LogP contribution in [0.5, 0.6) is 0 Å². The Kier molecular flexibility index (Phi) is 6.10. The van der Waals surface area contributed by atoms with Crippen molar-refractivity contribution in [1.82, 2.24) is 5.32 Å². The number of rotatable bonds is 6. The molecule has 0 aliphatic rings. The van der Waals surface area contributed by atoms with E-state index < -0.39 is 27.5 Å². The maximum atomic E-state index is 13.7. The molecule has 9 heteroatoms. The van der Waals surface area contributed by atoms with Crippen LogP contribution in [0.3, 0.4) is 0 Å². The van der Waals surface area contributed by atoms with Crippen molar-refractivity contribution in [3.05, 3.63) is 23.8 Å². The third-order valence-electron chi connectivity index (χ3n) is 2.86. The predicted octanol–water partition coefficient (Wildman–Crippen LogP) is 1.59. The molecule has 6 nitrogen and oxygen atoms in total. The number of anilines is 2. The normalized spacial score (nSPS) is 11.1. The van der Waals surface area contributed by atoms with Gasteiger partial charge in [0.15, 0.2) is 21.5 Å². The van der Waals surface area contributed by atoms with Crippen LogP contribution in [-0.2, 0) is 9.84 Å². The number of carbonyl (C=O) groups excluding carboxylic acids is 1. The first-order valence-electron chi connectivity index (χ1n) is 6.58. The SMILES string of the molecule is CCS(=O)(=O)CCNC(=O)Nc1cc(F)c(N(C)C)c(F)c1. The van der Waals surface area contributed by atoms with Gasteiger partial charge in [-0.25, -0.2) is 22.0 Å². The molecular formula is C13H19F2N3O3S.